The molecular formula is C73H40F3N7. The Morgan fingerprint density at radius 1 is 0.361 bits per heavy atom. The minimum Gasteiger partial charge on any atom is -0.309 e. The normalized spacial score (nSPS) is 11.3. The molecule has 0 bridgehead atoms. The van der Waals surface area contributed by atoms with Gasteiger partial charge >= 0.3 is 6.18 Å². The van der Waals surface area contributed by atoms with Crippen molar-refractivity contribution < 1.29 is 13.2 Å². The summed E-state index contributed by atoms with van der Waals surface area (Å²) in [6.45, 7) is 10.1. The van der Waals surface area contributed by atoms with Crippen LogP contribution in [0, 0.1) is 58.8 Å². The first-order valence-corrected chi connectivity index (χ1v) is 26.4. The molecule has 11 aromatic carbocycles. The molecule has 0 aliphatic rings. The van der Waals surface area contributed by atoms with Crippen LogP contribution in [0.2, 0.25) is 0 Å². The molecule has 0 unspecified atom stereocenters. The summed E-state index contributed by atoms with van der Waals surface area (Å²) in [7, 11) is 0. The minimum atomic E-state index is -4.61. The molecule has 388 valence electrons. The predicted octanol–water partition coefficient (Wildman–Crippen LogP) is 19.2. The highest BCUT2D eigenvalue weighted by Crippen LogP contribution is 2.46. The second kappa shape index (κ2) is 20.2. The number of aryl methyl sites for hydroxylation is 1. The van der Waals surface area contributed by atoms with Crippen molar-refractivity contribution in [3.63, 3.8) is 0 Å². The van der Waals surface area contributed by atoms with Gasteiger partial charge in [-0.25, -0.2) is 4.85 Å². The van der Waals surface area contributed by atoms with Crippen molar-refractivity contribution in [2.45, 2.75) is 13.1 Å². The van der Waals surface area contributed by atoms with Crippen LogP contribution in [0.15, 0.2) is 224 Å². The monoisotopic (exact) mass is 1070 g/mol. The third kappa shape index (κ3) is 9.04. The number of rotatable bonds is 8. The molecule has 0 N–H and O–H groups in total. The molecule has 0 saturated carbocycles. The first-order valence-electron chi connectivity index (χ1n) is 26.4. The van der Waals surface area contributed by atoms with Gasteiger partial charge in [0.15, 0.2) is 5.69 Å². The number of hydrogen-bond acceptors (Lipinski definition) is 4. The molecule has 0 saturated heterocycles. The van der Waals surface area contributed by atoms with E-state index in [1.165, 1.54) is 6.07 Å². The minimum absolute atomic E-state index is 0.364. The summed E-state index contributed by atoms with van der Waals surface area (Å²) in [5.74, 6) is 0. The van der Waals surface area contributed by atoms with Crippen molar-refractivity contribution in [2.24, 2.45) is 0 Å². The largest absolute Gasteiger partial charge is 0.416 e. The summed E-state index contributed by atoms with van der Waals surface area (Å²) in [4.78, 5) is 3.97. The fourth-order valence-corrected chi connectivity index (χ4v) is 11.6. The van der Waals surface area contributed by atoms with Crippen molar-refractivity contribution in [3.8, 4) is 102 Å². The Morgan fingerprint density at radius 3 is 1.12 bits per heavy atom. The maximum atomic E-state index is 14.7. The lowest BCUT2D eigenvalue weighted by Gasteiger charge is -2.21. The van der Waals surface area contributed by atoms with Gasteiger partial charge in [-0.3, -0.25) is 0 Å². The summed E-state index contributed by atoms with van der Waals surface area (Å²) in [6.07, 6.45) is -4.61. The van der Waals surface area contributed by atoms with Crippen LogP contribution in [0.1, 0.15) is 33.4 Å². The van der Waals surface area contributed by atoms with E-state index >= 15 is 0 Å². The Morgan fingerprint density at radius 2 is 0.735 bits per heavy atom. The maximum absolute atomic E-state index is 14.7. The van der Waals surface area contributed by atoms with Crippen molar-refractivity contribution in [2.75, 3.05) is 0 Å². The van der Waals surface area contributed by atoms with Crippen LogP contribution in [0.4, 0.5) is 18.9 Å². The second-order valence-corrected chi connectivity index (χ2v) is 20.5. The highest BCUT2D eigenvalue weighted by molar-refractivity contribution is 6.14. The molecule has 13 rings (SSSR count). The second-order valence-electron chi connectivity index (χ2n) is 20.5. The van der Waals surface area contributed by atoms with Crippen LogP contribution < -0.4 is 0 Å². The van der Waals surface area contributed by atoms with Crippen LogP contribution in [0.5, 0.6) is 0 Å². The quantitative estimate of drug-likeness (QED) is 0.141. The third-order valence-corrected chi connectivity index (χ3v) is 15.4. The van der Waals surface area contributed by atoms with Crippen LogP contribution in [-0.4, -0.2) is 9.13 Å². The zero-order valence-electron chi connectivity index (χ0n) is 44.1. The van der Waals surface area contributed by atoms with E-state index in [2.05, 4.69) is 74.7 Å². The molecule has 0 atom stereocenters. The van der Waals surface area contributed by atoms with Gasteiger partial charge < -0.3 is 9.13 Å². The molecule has 0 aliphatic carbocycles. The van der Waals surface area contributed by atoms with E-state index in [0.717, 1.165) is 99.9 Å². The summed E-state index contributed by atoms with van der Waals surface area (Å²) in [6, 6.07) is 78.9. The van der Waals surface area contributed by atoms with E-state index in [1.54, 1.807) is 43.3 Å². The molecule has 83 heavy (non-hydrogen) atoms. The van der Waals surface area contributed by atoms with E-state index < -0.39 is 11.7 Å². The van der Waals surface area contributed by atoms with Crippen LogP contribution >= 0.6 is 0 Å². The molecule has 2 heterocycles. The van der Waals surface area contributed by atoms with Crippen molar-refractivity contribution >= 4 is 49.3 Å². The molecule has 7 nitrogen and oxygen atoms in total. The Balaban J connectivity index is 1.12. The van der Waals surface area contributed by atoms with Crippen molar-refractivity contribution in [3.05, 3.63) is 269 Å². The van der Waals surface area contributed by atoms with Crippen LogP contribution in [0.3, 0.4) is 0 Å². The van der Waals surface area contributed by atoms with Gasteiger partial charge in [-0.15, -0.1) is 0 Å². The Hall–Kier alpha value is -11.7. The van der Waals surface area contributed by atoms with Gasteiger partial charge in [0.1, 0.15) is 0 Å². The zero-order valence-corrected chi connectivity index (χ0v) is 44.1. The van der Waals surface area contributed by atoms with Crippen molar-refractivity contribution in [1.29, 1.82) is 21.0 Å². The van der Waals surface area contributed by atoms with E-state index in [4.69, 9.17) is 6.57 Å². The van der Waals surface area contributed by atoms with Gasteiger partial charge in [-0.05, 0) is 201 Å². The number of nitrogens with zero attached hydrogens (tertiary/aromatic N) is 7. The first-order chi connectivity index (χ1) is 40.4. The standard InChI is InChI=1S/C73H40F3N7/c1-44-27-58(33-59(28-44)73(74,75)76)57-15-21-61(72(38-57)83-69-24-18-55(51-13-5-9-47(31-51)42-79)36-64(69)65-37-56(19-25-70(65)83)52-14-6-10-48(32-52)43-80)66-39-60(81-2)20-26-71(66)82-67-22-16-53(49-11-3-7-45(29-49)40-77)34-62(67)63-35-54(17-23-68(63)82)50-12-4-8-46(30-50)41-78/h3-39H,1H3. The van der Waals surface area contributed by atoms with E-state index in [-0.39, 0.29) is 0 Å². The third-order valence-electron chi connectivity index (χ3n) is 15.4. The van der Waals surface area contributed by atoms with Gasteiger partial charge in [-0.1, -0.05) is 97.1 Å². The zero-order chi connectivity index (χ0) is 57.1. The average Bonchev–Trinajstić information content (AvgIpc) is 1.88. The molecule has 13 aromatic rings. The van der Waals surface area contributed by atoms with Gasteiger partial charge in [0, 0.05) is 27.1 Å². The topological polar surface area (TPSA) is 109 Å². The lowest BCUT2D eigenvalue weighted by Crippen LogP contribution is -2.05. The fourth-order valence-electron chi connectivity index (χ4n) is 11.6. The number of nitriles is 4. The van der Waals surface area contributed by atoms with Gasteiger partial charge in [0.05, 0.1) is 92.1 Å². The Labute approximate surface area is 475 Å². The molecule has 10 heteroatoms. The number of aromatic nitrogens is 2. The van der Waals surface area contributed by atoms with Crippen LogP contribution in [-0.2, 0) is 6.18 Å². The molecular weight excluding hydrogens is 1030 g/mol. The fraction of sp³-hybridized carbons (Fsp3) is 0.0274. The first kappa shape index (κ1) is 50.7. The molecule has 0 radical (unpaired) electrons. The van der Waals surface area contributed by atoms with E-state index in [1.807, 2.05) is 140 Å². The molecule has 0 amide bonds. The van der Waals surface area contributed by atoms with Gasteiger partial charge in [0.25, 0.3) is 0 Å². The number of fused-ring (bicyclic) bond motifs is 6. The van der Waals surface area contributed by atoms with Crippen LogP contribution in [0.25, 0.3) is 127 Å². The highest BCUT2D eigenvalue weighted by Gasteiger charge is 2.31. The smallest absolute Gasteiger partial charge is 0.309 e. The summed E-state index contributed by atoms with van der Waals surface area (Å²) < 4.78 is 48.3. The van der Waals surface area contributed by atoms with Gasteiger partial charge in [-0.2, -0.15) is 34.2 Å². The maximum Gasteiger partial charge on any atom is 0.416 e. The lowest BCUT2D eigenvalue weighted by atomic mass is 9.94. The number of benzene rings is 11. The van der Waals surface area contributed by atoms with Crippen molar-refractivity contribution in [1.82, 2.24) is 9.13 Å². The molecule has 0 fully saturated rings. The SMILES string of the molecule is [C-]#[N+]c1ccc(-n2c3ccc(-c4cccc(C#N)c4)cc3c3cc(-c4cccc(C#N)c4)ccc32)c(-c2ccc(-c3cc(C)cc(C(F)(F)F)c3)cc2-n2c3ccc(-c4cccc(C#N)c4)cc3c3cc(-c4cccc(C#N)c4)ccc32)c1. The summed E-state index contributed by atoms with van der Waals surface area (Å²) >= 11 is 0. The predicted molar refractivity (Wildman–Crippen MR) is 323 cm³/mol. The lowest BCUT2D eigenvalue weighted by molar-refractivity contribution is -0.137. The van der Waals surface area contributed by atoms with E-state index in [9.17, 15) is 34.2 Å². The summed E-state index contributed by atoms with van der Waals surface area (Å²) in [5.41, 5.74) is 15.9. The number of hydrogen-bond donors (Lipinski definition) is 0. The van der Waals surface area contributed by atoms with E-state index in [0.29, 0.717) is 61.4 Å². The average molecular weight is 1070 g/mol. The summed E-state index contributed by atoms with van der Waals surface area (Å²) in [5, 5.41) is 43.1. The van der Waals surface area contributed by atoms with Gasteiger partial charge in [0.2, 0.25) is 0 Å². The molecule has 0 aliphatic heterocycles. The Bertz CT molecular complexity index is 4890. The number of alkyl halides is 3. The molecule has 2 aromatic heterocycles. The Kier molecular flexibility index (Phi) is 12.3. The highest BCUT2D eigenvalue weighted by atomic mass is 19.4. The molecule has 0 spiro atoms. The number of halogens is 3.